The van der Waals surface area contributed by atoms with E-state index in [1.54, 1.807) is 6.08 Å². The molecule has 0 saturated carbocycles. The molecule has 1 heterocycles. The van der Waals surface area contributed by atoms with Gasteiger partial charge in [0.25, 0.3) is 5.91 Å². The van der Waals surface area contributed by atoms with Gasteiger partial charge in [-0.3, -0.25) is 4.79 Å². The molecule has 0 atom stereocenters. The van der Waals surface area contributed by atoms with Gasteiger partial charge in [0.05, 0.1) is 4.91 Å². The van der Waals surface area contributed by atoms with Crippen LogP contribution in [0.5, 0.6) is 11.5 Å². The molecule has 1 N–H and O–H groups in total. The maximum absolute atomic E-state index is 11.8. The van der Waals surface area contributed by atoms with Crippen LogP contribution in [0.2, 0.25) is 0 Å². The van der Waals surface area contributed by atoms with E-state index in [0.29, 0.717) is 15.0 Å². The summed E-state index contributed by atoms with van der Waals surface area (Å²) in [7, 11) is 2.01. The number of rotatable bonds is 3. The number of hydrogen-bond donors (Lipinski definition) is 1. The number of carbonyl (C=O) groups is 1. The largest absolute Gasteiger partial charge is 0.457 e. The fourth-order valence-corrected chi connectivity index (χ4v) is 3.51. The second-order valence-corrected chi connectivity index (χ2v) is 7.59. The van der Waals surface area contributed by atoms with Crippen molar-refractivity contribution in [2.45, 2.75) is 0 Å². The van der Waals surface area contributed by atoms with E-state index in [4.69, 9.17) is 17.0 Å². The van der Waals surface area contributed by atoms with Crippen LogP contribution in [-0.4, -0.2) is 18.1 Å². The summed E-state index contributed by atoms with van der Waals surface area (Å²) in [6, 6.07) is 13.5. The molecule has 1 fully saturated rings. The first kappa shape index (κ1) is 16.3. The zero-order valence-electron chi connectivity index (χ0n) is 12.1. The summed E-state index contributed by atoms with van der Waals surface area (Å²) in [4.78, 5) is 12.4. The quantitative estimate of drug-likeness (QED) is 0.485. The number of benzene rings is 2. The predicted molar refractivity (Wildman–Crippen MR) is 105 cm³/mol. The first-order valence-corrected chi connectivity index (χ1v) is 8.82. The van der Waals surface area contributed by atoms with Crippen molar-refractivity contribution >= 4 is 69.5 Å². The lowest BCUT2D eigenvalue weighted by atomic mass is 9.96. The molecule has 1 aliphatic rings. The smallest absolute Gasteiger partial charge is 0.263 e. The molecule has 1 amide bonds. The van der Waals surface area contributed by atoms with Crippen LogP contribution in [0.1, 0.15) is 5.56 Å². The Morgan fingerprint density at radius 3 is 2.78 bits per heavy atom. The highest BCUT2D eigenvalue weighted by molar-refractivity contribution is 9.10. The van der Waals surface area contributed by atoms with E-state index in [-0.39, 0.29) is 5.91 Å². The Bertz CT molecular complexity index is 839. The first-order chi connectivity index (χ1) is 11.0. The van der Waals surface area contributed by atoms with Gasteiger partial charge in [-0.15, -0.1) is 0 Å². The molecule has 1 saturated heterocycles. The average Bonchev–Trinajstić information content (AvgIpc) is 2.80. The highest BCUT2D eigenvalue weighted by atomic mass is 79.9. The minimum Gasteiger partial charge on any atom is -0.457 e. The van der Waals surface area contributed by atoms with Crippen molar-refractivity contribution in [1.82, 2.24) is 5.32 Å². The van der Waals surface area contributed by atoms with Gasteiger partial charge >= 0.3 is 0 Å². The van der Waals surface area contributed by atoms with Crippen molar-refractivity contribution in [3.8, 4) is 11.5 Å². The summed E-state index contributed by atoms with van der Waals surface area (Å²) in [6.45, 7) is 0. The van der Waals surface area contributed by atoms with Gasteiger partial charge in [-0.1, -0.05) is 57.5 Å². The monoisotopic (exact) mass is 403 g/mol. The summed E-state index contributed by atoms with van der Waals surface area (Å²) >= 11 is 9.72. The second-order valence-electron chi connectivity index (χ2n) is 4.95. The SMILES string of the molecule is Bc1cccc(Oc2ccc(Br)cc2/C=C2\SC(=S)NC2=O)c1. The van der Waals surface area contributed by atoms with Crippen molar-refractivity contribution in [3.63, 3.8) is 0 Å². The molecule has 0 bridgehead atoms. The van der Waals surface area contributed by atoms with Crippen molar-refractivity contribution < 1.29 is 9.53 Å². The molecular formula is C16H11BBrNO2S2. The molecular weight excluding hydrogens is 393 g/mol. The second kappa shape index (κ2) is 6.90. The number of amides is 1. The van der Waals surface area contributed by atoms with Gasteiger partial charge in [0.1, 0.15) is 23.7 Å². The van der Waals surface area contributed by atoms with Crippen LogP contribution in [0.4, 0.5) is 0 Å². The Morgan fingerprint density at radius 1 is 1.26 bits per heavy atom. The van der Waals surface area contributed by atoms with Gasteiger partial charge in [0.2, 0.25) is 0 Å². The van der Waals surface area contributed by atoms with Crippen LogP contribution in [0.3, 0.4) is 0 Å². The van der Waals surface area contributed by atoms with Gasteiger partial charge in [0.15, 0.2) is 0 Å². The fraction of sp³-hybridized carbons (Fsp3) is 0. The van der Waals surface area contributed by atoms with Crippen molar-refractivity contribution in [2.75, 3.05) is 0 Å². The normalized spacial score (nSPS) is 15.8. The summed E-state index contributed by atoms with van der Waals surface area (Å²) in [5.74, 6) is 1.25. The predicted octanol–water partition coefficient (Wildman–Crippen LogP) is 2.99. The molecule has 0 aliphatic carbocycles. The van der Waals surface area contributed by atoms with Gasteiger partial charge in [-0.2, -0.15) is 0 Å². The van der Waals surface area contributed by atoms with Crippen molar-refractivity contribution in [1.29, 1.82) is 0 Å². The zero-order chi connectivity index (χ0) is 16.4. The number of ether oxygens (including phenoxy) is 1. The number of halogens is 1. The molecule has 0 spiro atoms. The third kappa shape index (κ3) is 4.05. The molecule has 0 unspecified atom stereocenters. The van der Waals surface area contributed by atoms with Crippen molar-refractivity contribution in [2.24, 2.45) is 0 Å². The molecule has 3 rings (SSSR count). The zero-order valence-corrected chi connectivity index (χ0v) is 15.3. The highest BCUT2D eigenvalue weighted by Gasteiger charge is 2.22. The maximum Gasteiger partial charge on any atom is 0.263 e. The van der Waals surface area contributed by atoms with Gasteiger partial charge in [0, 0.05) is 10.0 Å². The molecule has 23 heavy (non-hydrogen) atoms. The summed E-state index contributed by atoms with van der Waals surface area (Å²) < 4.78 is 7.36. The molecule has 2 aromatic carbocycles. The molecule has 0 aromatic heterocycles. The lowest BCUT2D eigenvalue weighted by molar-refractivity contribution is -0.115. The third-order valence-electron chi connectivity index (χ3n) is 3.12. The van der Waals surface area contributed by atoms with E-state index < -0.39 is 0 Å². The lowest BCUT2D eigenvalue weighted by Gasteiger charge is -2.10. The standard InChI is InChI=1S/C16H11BBrNO2S2/c17-10-2-1-3-12(8-10)21-13-5-4-11(18)6-9(13)7-14-15(20)19-16(22)23-14/h1-8H,17H2,(H,19,20,22)/b14-7-. The minimum absolute atomic E-state index is 0.179. The fourth-order valence-electron chi connectivity index (χ4n) is 2.09. The lowest BCUT2D eigenvalue weighted by Crippen LogP contribution is -2.17. The Morgan fingerprint density at radius 2 is 2.09 bits per heavy atom. The Kier molecular flexibility index (Phi) is 4.89. The van der Waals surface area contributed by atoms with Gasteiger partial charge in [-0.05, 0) is 36.4 Å². The van der Waals surface area contributed by atoms with Crippen LogP contribution < -0.4 is 15.5 Å². The van der Waals surface area contributed by atoms with E-state index >= 15 is 0 Å². The molecule has 114 valence electrons. The van der Waals surface area contributed by atoms with Crippen LogP contribution in [-0.2, 0) is 4.79 Å². The molecule has 0 radical (unpaired) electrons. The van der Waals surface area contributed by atoms with E-state index in [0.717, 1.165) is 21.2 Å². The van der Waals surface area contributed by atoms with Gasteiger partial charge in [-0.25, -0.2) is 0 Å². The number of thioether (sulfide) groups is 1. The maximum atomic E-state index is 11.8. The number of thiocarbonyl (C=S) groups is 1. The van der Waals surface area contributed by atoms with Crippen LogP contribution in [0.25, 0.3) is 6.08 Å². The van der Waals surface area contributed by atoms with Crippen LogP contribution in [0.15, 0.2) is 51.8 Å². The Labute approximate surface area is 153 Å². The summed E-state index contributed by atoms with van der Waals surface area (Å²) in [6.07, 6.45) is 1.79. The molecule has 3 nitrogen and oxygen atoms in total. The number of hydrogen-bond acceptors (Lipinski definition) is 4. The topological polar surface area (TPSA) is 38.3 Å². The van der Waals surface area contributed by atoms with E-state index in [1.807, 2.05) is 50.3 Å². The molecule has 2 aromatic rings. The van der Waals surface area contributed by atoms with Crippen molar-refractivity contribution in [3.05, 3.63) is 57.4 Å². The number of carbonyl (C=O) groups excluding carboxylic acids is 1. The first-order valence-electron chi connectivity index (χ1n) is 6.80. The Balaban J connectivity index is 1.97. The highest BCUT2D eigenvalue weighted by Crippen LogP contribution is 2.33. The minimum atomic E-state index is -0.179. The average molecular weight is 404 g/mol. The van der Waals surface area contributed by atoms with E-state index in [1.165, 1.54) is 11.8 Å². The van der Waals surface area contributed by atoms with Gasteiger partial charge < -0.3 is 10.1 Å². The third-order valence-corrected chi connectivity index (χ3v) is 4.77. The molecule has 1 aliphatic heterocycles. The van der Waals surface area contributed by atoms with Crippen LogP contribution >= 0.6 is 39.9 Å². The van der Waals surface area contributed by atoms with E-state index in [9.17, 15) is 4.79 Å². The summed E-state index contributed by atoms with van der Waals surface area (Å²) in [5, 5.41) is 2.61. The van der Waals surface area contributed by atoms with Crippen LogP contribution in [0, 0.1) is 0 Å². The van der Waals surface area contributed by atoms with E-state index in [2.05, 4.69) is 21.2 Å². The summed E-state index contributed by atoms with van der Waals surface area (Å²) in [5.41, 5.74) is 1.93. The molecule has 7 heteroatoms. The Hall–Kier alpha value is -1.57. The number of nitrogens with one attached hydrogen (secondary N) is 1.